The number of imide groups is 1. The molecular formula is C27H24N2O3S2. The summed E-state index contributed by atoms with van der Waals surface area (Å²) in [5, 5.41) is 1.18. The van der Waals surface area contributed by atoms with Gasteiger partial charge in [-0.2, -0.15) is 0 Å². The van der Waals surface area contributed by atoms with E-state index < -0.39 is 0 Å². The van der Waals surface area contributed by atoms with Crippen LogP contribution in [0.2, 0.25) is 0 Å². The van der Waals surface area contributed by atoms with Crippen molar-refractivity contribution >= 4 is 40.6 Å². The van der Waals surface area contributed by atoms with Crippen LogP contribution in [-0.2, 0) is 9.59 Å². The van der Waals surface area contributed by atoms with Gasteiger partial charge in [0, 0.05) is 16.0 Å². The Morgan fingerprint density at radius 2 is 1.62 bits per heavy atom. The van der Waals surface area contributed by atoms with Crippen LogP contribution >= 0.6 is 23.1 Å². The maximum absolute atomic E-state index is 13.8. The lowest BCUT2D eigenvalue weighted by atomic mass is 9.67. The van der Waals surface area contributed by atoms with Gasteiger partial charge in [-0.15, -0.1) is 11.8 Å². The number of amides is 2. The molecule has 1 aromatic heterocycles. The highest BCUT2D eigenvalue weighted by molar-refractivity contribution is 8.00. The third kappa shape index (κ3) is 2.65. The molecule has 2 aliphatic carbocycles. The number of benzene rings is 2. The summed E-state index contributed by atoms with van der Waals surface area (Å²) in [6, 6.07) is 16.1. The van der Waals surface area contributed by atoms with Crippen LogP contribution in [0.15, 0.2) is 58.4 Å². The zero-order valence-electron chi connectivity index (χ0n) is 18.9. The third-order valence-electron chi connectivity index (χ3n) is 8.54. The molecule has 2 saturated carbocycles. The quantitative estimate of drug-likeness (QED) is 0.530. The second-order valence-electron chi connectivity index (χ2n) is 10.2. The number of nitrogens with one attached hydrogen (secondary N) is 1. The molecule has 34 heavy (non-hydrogen) atoms. The van der Waals surface area contributed by atoms with Crippen LogP contribution in [0.3, 0.4) is 0 Å². The number of aromatic amines is 1. The summed E-state index contributed by atoms with van der Waals surface area (Å²) in [5.74, 6) is 0.0363. The van der Waals surface area contributed by atoms with Gasteiger partial charge in [-0.05, 0) is 61.3 Å². The summed E-state index contributed by atoms with van der Waals surface area (Å²) < 4.78 is 0. The summed E-state index contributed by atoms with van der Waals surface area (Å²) in [5.41, 5.74) is 4.24. The van der Waals surface area contributed by atoms with Crippen LogP contribution in [0.5, 0.6) is 0 Å². The molecule has 3 fully saturated rings. The number of rotatable bonds is 2. The van der Waals surface area contributed by atoms with E-state index in [1.807, 2.05) is 37.3 Å². The van der Waals surface area contributed by atoms with Gasteiger partial charge in [0.25, 0.3) is 0 Å². The Balaban J connectivity index is 1.34. The fraction of sp³-hybridized carbons (Fsp3) is 0.370. The highest BCUT2D eigenvalue weighted by atomic mass is 32.2. The average Bonchev–Trinajstić information content (AvgIpc) is 3.54. The molecule has 172 valence electrons. The molecular weight excluding hydrogens is 464 g/mol. The van der Waals surface area contributed by atoms with Gasteiger partial charge >= 0.3 is 4.87 Å². The van der Waals surface area contributed by atoms with Crippen molar-refractivity contribution in [2.24, 2.45) is 29.6 Å². The molecule has 4 aliphatic rings. The van der Waals surface area contributed by atoms with Gasteiger partial charge in [-0.3, -0.25) is 19.3 Å². The Hall–Kier alpha value is -2.64. The number of anilines is 1. The van der Waals surface area contributed by atoms with E-state index in [-0.39, 0.29) is 57.4 Å². The minimum atomic E-state index is -0.260. The van der Waals surface area contributed by atoms with Gasteiger partial charge in [0.15, 0.2) is 0 Å². The standard InChI is InChI=1S/C27H24N2O3S2/c1-12-7-9-14(10-8-12)29-25(30)20-16-11-17(21(20)26(29)31)22-19(16)18(15-6-4-3-5-13(15)2)23-24(33-22)28-27(32)34-23/h3-10,16-22H,11H2,1-2H3,(H,28,32)/t16-,17-,18+,19-,20+,21-,22+/m0/s1. The second kappa shape index (κ2) is 7.18. The molecule has 2 bridgehead atoms. The lowest BCUT2D eigenvalue weighted by molar-refractivity contribution is -0.123. The van der Waals surface area contributed by atoms with Crippen LogP contribution in [0.25, 0.3) is 0 Å². The Morgan fingerprint density at radius 3 is 2.35 bits per heavy atom. The van der Waals surface area contributed by atoms with E-state index in [1.54, 1.807) is 11.8 Å². The Bertz CT molecular complexity index is 1410. The number of carbonyl (C=O) groups excluding carboxylic acids is 2. The number of carbonyl (C=O) groups is 2. The Kier molecular flexibility index (Phi) is 4.38. The van der Waals surface area contributed by atoms with E-state index in [2.05, 4.69) is 30.1 Å². The lowest BCUT2D eigenvalue weighted by Gasteiger charge is -2.43. The molecule has 1 N–H and O–H groups in total. The lowest BCUT2D eigenvalue weighted by Crippen LogP contribution is -2.42. The first-order valence-corrected chi connectivity index (χ1v) is 13.5. The summed E-state index contributed by atoms with van der Waals surface area (Å²) in [6.07, 6.45) is 0.915. The molecule has 7 heteroatoms. The highest BCUT2D eigenvalue weighted by Gasteiger charge is 2.69. The first-order chi connectivity index (χ1) is 16.4. The van der Waals surface area contributed by atoms with Gasteiger partial charge < -0.3 is 4.98 Å². The molecule has 2 aromatic carbocycles. The summed E-state index contributed by atoms with van der Waals surface area (Å²) in [4.78, 5) is 45.4. The minimum Gasteiger partial charge on any atom is -0.307 e. The highest BCUT2D eigenvalue weighted by Crippen LogP contribution is 2.68. The van der Waals surface area contributed by atoms with Crippen LogP contribution in [0, 0.1) is 43.4 Å². The number of thiazole rings is 1. The number of hydrogen-bond acceptors (Lipinski definition) is 5. The van der Waals surface area contributed by atoms with Gasteiger partial charge in [-0.25, -0.2) is 0 Å². The molecule has 3 heterocycles. The number of aromatic nitrogens is 1. The van der Waals surface area contributed by atoms with Crippen molar-refractivity contribution in [1.29, 1.82) is 0 Å². The monoisotopic (exact) mass is 488 g/mol. The smallest absolute Gasteiger partial charge is 0.305 e. The number of nitrogens with zero attached hydrogens (tertiary/aromatic N) is 1. The van der Waals surface area contributed by atoms with Gasteiger partial charge in [0.1, 0.15) is 0 Å². The van der Waals surface area contributed by atoms with Crippen molar-refractivity contribution in [1.82, 2.24) is 4.98 Å². The molecule has 7 atom stereocenters. The maximum atomic E-state index is 13.8. The number of H-pyrrole nitrogens is 1. The second-order valence-corrected chi connectivity index (χ2v) is 12.4. The molecule has 0 radical (unpaired) electrons. The average molecular weight is 489 g/mol. The van der Waals surface area contributed by atoms with Crippen LogP contribution in [0.4, 0.5) is 5.69 Å². The predicted octanol–water partition coefficient (Wildman–Crippen LogP) is 4.73. The van der Waals surface area contributed by atoms with Gasteiger partial charge in [0.05, 0.1) is 22.5 Å². The van der Waals surface area contributed by atoms with E-state index in [0.717, 1.165) is 21.9 Å². The van der Waals surface area contributed by atoms with E-state index in [4.69, 9.17) is 0 Å². The van der Waals surface area contributed by atoms with Crippen molar-refractivity contribution in [3.05, 3.63) is 79.8 Å². The Labute approximate surface area is 205 Å². The molecule has 3 aromatic rings. The molecule has 0 spiro atoms. The third-order valence-corrected chi connectivity index (χ3v) is 11.1. The van der Waals surface area contributed by atoms with E-state index in [1.165, 1.54) is 27.4 Å². The Morgan fingerprint density at radius 1 is 0.912 bits per heavy atom. The van der Waals surface area contributed by atoms with Crippen molar-refractivity contribution in [3.8, 4) is 0 Å². The molecule has 1 saturated heterocycles. The molecule has 2 aliphatic heterocycles. The van der Waals surface area contributed by atoms with Gasteiger partial charge in [0.2, 0.25) is 11.8 Å². The molecule has 7 rings (SSSR count). The zero-order valence-corrected chi connectivity index (χ0v) is 20.5. The SMILES string of the molecule is Cc1ccc(N2C(=O)[C@@H]3[C@H]4C[C@H]([C@H]5Sc6[nH]c(=O)sc6[C@H](c6ccccc6C)[C@H]45)[C@@H]3C2=O)cc1. The van der Waals surface area contributed by atoms with Crippen molar-refractivity contribution in [3.63, 3.8) is 0 Å². The fourth-order valence-electron chi connectivity index (χ4n) is 7.25. The molecule has 5 nitrogen and oxygen atoms in total. The van der Waals surface area contributed by atoms with Crippen molar-refractivity contribution in [2.75, 3.05) is 4.90 Å². The van der Waals surface area contributed by atoms with Crippen molar-refractivity contribution in [2.45, 2.75) is 36.5 Å². The van der Waals surface area contributed by atoms with Crippen LogP contribution < -0.4 is 9.77 Å². The van der Waals surface area contributed by atoms with Crippen LogP contribution in [-0.4, -0.2) is 22.0 Å². The maximum Gasteiger partial charge on any atom is 0.305 e. The fourth-order valence-corrected chi connectivity index (χ4v) is 10.1. The first-order valence-electron chi connectivity index (χ1n) is 11.8. The van der Waals surface area contributed by atoms with Gasteiger partial charge in [-0.1, -0.05) is 53.3 Å². The summed E-state index contributed by atoms with van der Waals surface area (Å²) in [6.45, 7) is 4.13. The molecule has 0 unspecified atom stereocenters. The normalized spacial score (nSPS) is 33.2. The molecule has 2 amide bonds. The number of aryl methyl sites for hydroxylation is 2. The summed E-state index contributed by atoms with van der Waals surface area (Å²) >= 11 is 3.05. The minimum absolute atomic E-state index is 0.0266. The van der Waals surface area contributed by atoms with E-state index >= 15 is 0 Å². The number of fused-ring (bicyclic) bond motifs is 9. The van der Waals surface area contributed by atoms with E-state index in [0.29, 0.717) is 5.69 Å². The zero-order chi connectivity index (χ0) is 23.3. The van der Waals surface area contributed by atoms with Crippen LogP contribution in [0.1, 0.15) is 33.9 Å². The van der Waals surface area contributed by atoms with E-state index in [9.17, 15) is 14.4 Å². The number of hydrogen-bond donors (Lipinski definition) is 1. The first kappa shape index (κ1) is 20.7. The predicted molar refractivity (Wildman–Crippen MR) is 133 cm³/mol. The summed E-state index contributed by atoms with van der Waals surface area (Å²) in [7, 11) is 0. The van der Waals surface area contributed by atoms with Crippen molar-refractivity contribution < 1.29 is 9.59 Å². The topological polar surface area (TPSA) is 70.2 Å². The number of thioether (sulfide) groups is 1. The largest absolute Gasteiger partial charge is 0.307 e.